The zero-order valence-electron chi connectivity index (χ0n) is 14.4. The van der Waals surface area contributed by atoms with Gasteiger partial charge in [0.2, 0.25) is 0 Å². The van der Waals surface area contributed by atoms with Crippen LogP contribution in [-0.2, 0) is 6.54 Å². The second kappa shape index (κ2) is 6.64. The number of rotatable bonds is 4. The summed E-state index contributed by atoms with van der Waals surface area (Å²) in [5, 5.41) is 10.9. The van der Waals surface area contributed by atoms with E-state index < -0.39 is 11.6 Å². The number of halogens is 2. The molecule has 6 nitrogen and oxygen atoms in total. The van der Waals surface area contributed by atoms with Crippen LogP contribution in [0.1, 0.15) is 11.4 Å². The standard InChI is InChI=1S/C19H15F2N5O/c1-12-24-26(18-4-2-14(3-5-18)15-9-22-23-10-15)19(27)25(12)11-13-6-16(20)8-17(21)7-13/h2-10H,11H2,1H3,(H,22,23). The number of aromatic nitrogens is 5. The van der Waals surface area contributed by atoms with Gasteiger partial charge < -0.3 is 0 Å². The zero-order valence-corrected chi connectivity index (χ0v) is 14.4. The van der Waals surface area contributed by atoms with E-state index in [1.165, 1.54) is 21.4 Å². The minimum Gasteiger partial charge on any atom is -0.285 e. The van der Waals surface area contributed by atoms with Crippen LogP contribution < -0.4 is 5.69 Å². The number of H-pyrrole nitrogens is 1. The molecule has 0 spiro atoms. The van der Waals surface area contributed by atoms with Crippen LogP contribution in [0, 0.1) is 18.6 Å². The van der Waals surface area contributed by atoms with Crippen LogP contribution in [-0.4, -0.2) is 24.5 Å². The van der Waals surface area contributed by atoms with E-state index in [4.69, 9.17) is 0 Å². The van der Waals surface area contributed by atoms with E-state index in [0.29, 0.717) is 17.1 Å². The van der Waals surface area contributed by atoms with Gasteiger partial charge in [-0.05, 0) is 42.3 Å². The Morgan fingerprint density at radius 3 is 2.37 bits per heavy atom. The average Bonchev–Trinajstić information content (AvgIpc) is 3.25. The fourth-order valence-corrected chi connectivity index (χ4v) is 2.93. The maximum absolute atomic E-state index is 13.4. The van der Waals surface area contributed by atoms with Crippen LogP contribution in [0.3, 0.4) is 0 Å². The first-order valence-corrected chi connectivity index (χ1v) is 8.22. The molecule has 2 heterocycles. The highest BCUT2D eigenvalue weighted by molar-refractivity contribution is 5.62. The largest absolute Gasteiger partial charge is 0.351 e. The van der Waals surface area contributed by atoms with Crippen molar-refractivity contribution in [3.05, 3.63) is 88.4 Å². The van der Waals surface area contributed by atoms with Crippen molar-refractivity contribution in [2.45, 2.75) is 13.5 Å². The van der Waals surface area contributed by atoms with Gasteiger partial charge >= 0.3 is 5.69 Å². The van der Waals surface area contributed by atoms with Gasteiger partial charge in [0.15, 0.2) is 0 Å². The molecule has 2 aromatic heterocycles. The Hall–Kier alpha value is -3.55. The highest BCUT2D eigenvalue weighted by Crippen LogP contribution is 2.19. The minimum absolute atomic E-state index is 0.0342. The molecule has 8 heteroatoms. The Labute approximate surface area is 152 Å². The third-order valence-electron chi connectivity index (χ3n) is 4.25. The second-order valence-electron chi connectivity index (χ2n) is 6.14. The van der Waals surface area contributed by atoms with Crippen LogP contribution in [0.5, 0.6) is 0 Å². The normalized spacial score (nSPS) is 11.1. The van der Waals surface area contributed by atoms with Gasteiger partial charge in [0.25, 0.3) is 0 Å². The maximum Gasteiger partial charge on any atom is 0.351 e. The highest BCUT2D eigenvalue weighted by Gasteiger charge is 2.13. The van der Waals surface area contributed by atoms with E-state index in [-0.39, 0.29) is 12.2 Å². The fourth-order valence-electron chi connectivity index (χ4n) is 2.93. The van der Waals surface area contributed by atoms with Crippen LogP contribution in [0.4, 0.5) is 8.78 Å². The van der Waals surface area contributed by atoms with Gasteiger partial charge in [0, 0.05) is 17.8 Å². The van der Waals surface area contributed by atoms with E-state index >= 15 is 0 Å². The summed E-state index contributed by atoms with van der Waals surface area (Å²) in [4.78, 5) is 12.7. The van der Waals surface area contributed by atoms with Crippen LogP contribution >= 0.6 is 0 Å². The number of nitrogens with one attached hydrogen (secondary N) is 1. The first-order chi connectivity index (χ1) is 13.0. The Morgan fingerprint density at radius 1 is 1.04 bits per heavy atom. The molecule has 0 aliphatic rings. The van der Waals surface area contributed by atoms with Crippen LogP contribution in [0.15, 0.2) is 59.7 Å². The molecule has 0 aliphatic heterocycles. The molecule has 0 atom stereocenters. The van der Waals surface area contributed by atoms with Crippen molar-refractivity contribution < 1.29 is 8.78 Å². The quantitative estimate of drug-likeness (QED) is 0.603. The molecule has 4 rings (SSSR count). The van der Waals surface area contributed by atoms with E-state index in [2.05, 4.69) is 15.3 Å². The Balaban J connectivity index is 1.67. The molecule has 27 heavy (non-hydrogen) atoms. The maximum atomic E-state index is 13.4. The Kier molecular flexibility index (Phi) is 4.15. The molecule has 0 fully saturated rings. The summed E-state index contributed by atoms with van der Waals surface area (Å²) in [5.74, 6) is -0.917. The molecule has 0 saturated heterocycles. The van der Waals surface area contributed by atoms with E-state index in [1.54, 1.807) is 31.5 Å². The minimum atomic E-state index is -0.682. The number of aromatic amines is 1. The molecule has 1 N–H and O–H groups in total. The predicted molar refractivity (Wildman–Crippen MR) is 95.6 cm³/mol. The highest BCUT2D eigenvalue weighted by atomic mass is 19.1. The van der Waals surface area contributed by atoms with Gasteiger partial charge in [-0.2, -0.15) is 14.9 Å². The first kappa shape index (κ1) is 16.9. The molecule has 0 saturated carbocycles. The Bertz CT molecular complexity index is 1120. The van der Waals surface area contributed by atoms with Gasteiger partial charge in [-0.1, -0.05) is 12.1 Å². The zero-order chi connectivity index (χ0) is 19.0. The number of aryl methyl sites for hydroxylation is 1. The summed E-state index contributed by atoms with van der Waals surface area (Å²) in [6, 6.07) is 10.5. The predicted octanol–water partition coefficient (Wildman–Crippen LogP) is 3.06. The van der Waals surface area contributed by atoms with E-state index in [1.807, 2.05) is 12.1 Å². The lowest BCUT2D eigenvalue weighted by molar-refractivity contribution is 0.576. The molecule has 0 amide bonds. The lowest BCUT2D eigenvalue weighted by Gasteiger charge is -2.04. The summed E-state index contributed by atoms with van der Waals surface area (Å²) >= 11 is 0. The van der Waals surface area contributed by atoms with Gasteiger partial charge in [-0.3, -0.25) is 9.67 Å². The van der Waals surface area contributed by atoms with Gasteiger partial charge in [-0.25, -0.2) is 13.6 Å². The number of hydrogen-bond donors (Lipinski definition) is 1. The van der Waals surface area contributed by atoms with Crippen LogP contribution in [0.25, 0.3) is 16.8 Å². The summed E-state index contributed by atoms with van der Waals surface area (Å²) in [6.07, 6.45) is 3.48. The van der Waals surface area contributed by atoms with Crippen molar-refractivity contribution in [2.75, 3.05) is 0 Å². The summed E-state index contributed by atoms with van der Waals surface area (Å²) in [6.45, 7) is 1.71. The molecule has 0 radical (unpaired) electrons. The molecular formula is C19H15F2N5O. The van der Waals surface area contributed by atoms with Crippen molar-refractivity contribution in [1.82, 2.24) is 24.5 Å². The topological polar surface area (TPSA) is 68.5 Å². The monoisotopic (exact) mass is 367 g/mol. The van der Waals surface area contributed by atoms with E-state index in [0.717, 1.165) is 17.2 Å². The summed E-state index contributed by atoms with van der Waals surface area (Å²) < 4.78 is 29.4. The molecular weight excluding hydrogens is 352 g/mol. The molecule has 136 valence electrons. The second-order valence-corrected chi connectivity index (χ2v) is 6.14. The third-order valence-corrected chi connectivity index (χ3v) is 4.25. The van der Waals surface area contributed by atoms with Crippen LogP contribution in [0.2, 0.25) is 0 Å². The number of hydrogen-bond acceptors (Lipinski definition) is 3. The third kappa shape index (κ3) is 3.29. The lowest BCUT2D eigenvalue weighted by Crippen LogP contribution is -2.24. The SMILES string of the molecule is Cc1nn(-c2ccc(-c3cn[nH]c3)cc2)c(=O)n1Cc1cc(F)cc(F)c1. The molecule has 2 aromatic carbocycles. The molecule has 4 aromatic rings. The molecule has 0 bridgehead atoms. The molecule has 0 unspecified atom stereocenters. The lowest BCUT2D eigenvalue weighted by atomic mass is 10.1. The first-order valence-electron chi connectivity index (χ1n) is 8.22. The Morgan fingerprint density at radius 2 is 1.74 bits per heavy atom. The van der Waals surface area contributed by atoms with Crippen molar-refractivity contribution >= 4 is 0 Å². The fraction of sp³-hybridized carbons (Fsp3) is 0.105. The summed E-state index contributed by atoms with van der Waals surface area (Å²) in [7, 11) is 0. The summed E-state index contributed by atoms with van der Waals surface area (Å²) in [5.41, 5.74) is 2.45. The van der Waals surface area contributed by atoms with Gasteiger partial charge in [0.05, 0.1) is 18.4 Å². The smallest absolute Gasteiger partial charge is 0.285 e. The van der Waals surface area contributed by atoms with E-state index in [9.17, 15) is 13.6 Å². The van der Waals surface area contributed by atoms with Gasteiger partial charge in [0.1, 0.15) is 17.5 Å². The van der Waals surface area contributed by atoms with Crippen molar-refractivity contribution in [1.29, 1.82) is 0 Å². The van der Waals surface area contributed by atoms with Crippen molar-refractivity contribution in [2.24, 2.45) is 0 Å². The number of nitrogens with zero attached hydrogens (tertiary/aromatic N) is 4. The molecule has 0 aliphatic carbocycles. The van der Waals surface area contributed by atoms with Gasteiger partial charge in [-0.15, -0.1) is 0 Å². The average molecular weight is 367 g/mol. The van der Waals surface area contributed by atoms with Crippen molar-refractivity contribution in [3.8, 4) is 16.8 Å². The number of benzene rings is 2. The van der Waals surface area contributed by atoms with Crippen molar-refractivity contribution in [3.63, 3.8) is 0 Å².